The summed E-state index contributed by atoms with van der Waals surface area (Å²) in [4.78, 5) is 22.1. The molecule has 4 rings (SSSR count). The van der Waals surface area contributed by atoms with E-state index in [0.717, 1.165) is 5.56 Å². The summed E-state index contributed by atoms with van der Waals surface area (Å²) in [5, 5.41) is 6.32. The second kappa shape index (κ2) is 11.9. The first-order valence-electron chi connectivity index (χ1n) is 10.0. The number of carbonyl (C=O) groups excluding carboxylic acids is 1. The number of ketones is 1. The van der Waals surface area contributed by atoms with E-state index in [2.05, 4.69) is 31.2 Å². The number of Topliss-reactive ketones (excluding diaryl/α,β-unsaturated/α-hetero) is 1. The van der Waals surface area contributed by atoms with Crippen LogP contribution in [0.2, 0.25) is 0 Å². The monoisotopic (exact) mass is 720 g/mol. The number of rotatable bonds is 3. The number of alkyl halides is 6. The van der Waals surface area contributed by atoms with E-state index in [1.54, 1.807) is 32.0 Å². The summed E-state index contributed by atoms with van der Waals surface area (Å²) in [6.45, 7) is 3.46. The molecule has 1 aromatic carbocycles. The number of nitrogens with zero attached hydrogens (tertiary/aromatic N) is 5. The van der Waals surface area contributed by atoms with Gasteiger partial charge in [-0.15, -0.1) is 12.1 Å². The number of benzene rings is 1. The Morgan fingerprint density at radius 3 is 1.97 bits per heavy atom. The van der Waals surface area contributed by atoms with Gasteiger partial charge in [-0.25, -0.2) is 0 Å². The molecule has 203 valence electrons. The van der Waals surface area contributed by atoms with Gasteiger partial charge < -0.3 is 15.1 Å². The van der Waals surface area contributed by atoms with Gasteiger partial charge >= 0.3 is 12.4 Å². The van der Waals surface area contributed by atoms with Crippen LogP contribution < -0.4 is 5.10 Å². The molecular formula is C23H13F8IrN5O-2. The van der Waals surface area contributed by atoms with Crippen LogP contribution in [0.3, 0.4) is 0 Å². The van der Waals surface area contributed by atoms with Gasteiger partial charge in [0.2, 0.25) is 0 Å². The second-order valence-electron chi connectivity index (χ2n) is 7.42. The quantitative estimate of drug-likeness (QED) is 0.154. The van der Waals surface area contributed by atoms with E-state index < -0.39 is 46.7 Å². The molecule has 0 atom stereocenters. The third-order valence-corrected chi connectivity index (χ3v) is 4.53. The smallest absolute Gasteiger partial charge is 0.413 e. The van der Waals surface area contributed by atoms with Crippen molar-refractivity contribution in [1.29, 1.82) is 0 Å². The zero-order valence-corrected chi connectivity index (χ0v) is 21.4. The fraction of sp³-hybridized carbons (Fsp3) is 0.174. The normalized spacial score (nSPS) is 11.3. The van der Waals surface area contributed by atoms with Gasteiger partial charge in [0.1, 0.15) is 5.82 Å². The van der Waals surface area contributed by atoms with Crippen LogP contribution in [-0.4, -0.2) is 32.0 Å². The maximum absolute atomic E-state index is 14.1. The molecule has 0 bridgehead atoms. The Balaban J connectivity index is 0.000000269. The Labute approximate surface area is 222 Å². The predicted octanol–water partition coefficient (Wildman–Crippen LogP) is 5.70. The van der Waals surface area contributed by atoms with Gasteiger partial charge in [0.15, 0.2) is 0 Å². The molecule has 38 heavy (non-hydrogen) atoms. The van der Waals surface area contributed by atoms with Crippen molar-refractivity contribution in [1.82, 2.24) is 25.1 Å². The minimum absolute atomic E-state index is 0. The second-order valence-corrected chi connectivity index (χ2v) is 7.42. The van der Waals surface area contributed by atoms with Crippen LogP contribution in [0.5, 0.6) is 0 Å². The number of pyridine rings is 2. The van der Waals surface area contributed by atoms with Crippen LogP contribution in [0.15, 0.2) is 42.7 Å². The van der Waals surface area contributed by atoms with Crippen molar-refractivity contribution in [2.45, 2.75) is 26.2 Å². The number of hydrogen-bond acceptors (Lipinski definition) is 5. The molecule has 0 aliphatic carbocycles. The molecule has 0 saturated heterocycles. The van der Waals surface area contributed by atoms with Crippen molar-refractivity contribution in [2.24, 2.45) is 0 Å². The fourth-order valence-electron chi connectivity index (χ4n) is 2.84. The fourth-order valence-corrected chi connectivity index (χ4v) is 2.84. The zero-order valence-electron chi connectivity index (χ0n) is 19.0. The van der Waals surface area contributed by atoms with E-state index in [-0.39, 0.29) is 37.3 Å². The maximum Gasteiger partial charge on any atom is 0.453 e. The van der Waals surface area contributed by atoms with E-state index in [1.807, 2.05) is 0 Å². The van der Waals surface area contributed by atoms with Crippen LogP contribution >= 0.6 is 0 Å². The SMILES string of the molecule is Cc1ccnc(-c2[c-]cc(F)c(C(=O)C(F)(F)F)c2F)c1.Cc1ccnc(-c2nc(C(F)(F)F)n[n-]2)c1.[Ir]. The van der Waals surface area contributed by atoms with Crippen LogP contribution in [0.1, 0.15) is 27.3 Å². The van der Waals surface area contributed by atoms with Crippen LogP contribution in [-0.2, 0) is 26.3 Å². The summed E-state index contributed by atoms with van der Waals surface area (Å²) < 4.78 is 101. The van der Waals surface area contributed by atoms with E-state index in [9.17, 15) is 39.9 Å². The molecule has 1 radical (unpaired) electrons. The van der Waals surface area contributed by atoms with Crippen LogP contribution in [0.4, 0.5) is 35.1 Å². The van der Waals surface area contributed by atoms with E-state index in [1.165, 1.54) is 18.5 Å². The first kappa shape index (κ1) is 30.6. The molecule has 15 heteroatoms. The third kappa shape index (κ3) is 7.25. The van der Waals surface area contributed by atoms with Gasteiger partial charge in [-0.05, 0) is 49.1 Å². The molecule has 0 aliphatic heterocycles. The minimum atomic E-state index is -5.37. The average molecular weight is 720 g/mol. The first-order valence-corrected chi connectivity index (χ1v) is 10.0. The molecule has 6 nitrogen and oxygen atoms in total. The Morgan fingerprint density at radius 2 is 1.47 bits per heavy atom. The predicted molar refractivity (Wildman–Crippen MR) is 112 cm³/mol. The van der Waals surface area contributed by atoms with E-state index >= 15 is 0 Å². The summed E-state index contributed by atoms with van der Waals surface area (Å²) in [5.41, 5.74) is -0.372. The van der Waals surface area contributed by atoms with Gasteiger partial charge in [0.25, 0.3) is 5.78 Å². The minimum Gasteiger partial charge on any atom is -0.413 e. The molecule has 0 N–H and O–H groups in total. The Kier molecular flexibility index (Phi) is 9.56. The molecule has 0 unspecified atom stereocenters. The van der Waals surface area contributed by atoms with Crippen LogP contribution in [0, 0.1) is 31.5 Å². The summed E-state index contributed by atoms with van der Waals surface area (Å²) in [6, 6.07) is 8.95. The van der Waals surface area contributed by atoms with E-state index in [0.29, 0.717) is 11.6 Å². The first-order chi connectivity index (χ1) is 17.2. The Morgan fingerprint density at radius 1 is 0.921 bits per heavy atom. The molecular weight excluding hydrogens is 706 g/mol. The molecule has 0 aliphatic rings. The van der Waals surface area contributed by atoms with Gasteiger partial charge in [-0.1, -0.05) is 17.2 Å². The molecule has 3 aromatic heterocycles. The Bertz CT molecular complexity index is 1440. The maximum atomic E-state index is 14.1. The Hall–Kier alpha value is -3.58. The van der Waals surface area contributed by atoms with Crippen molar-refractivity contribution in [3.63, 3.8) is 0 Å². The molecule has 4 aromatic rings. The van der Waals surface area contributed by atoms with Gasteiger partial charge in [0, 0.05) is 38.1 Å². The topological polar surface area (TPSA) is 82.7 Å². The third-order valence-electron chi connectivity index (χ3n) is 4.53. The van der Waals surface area contributed by atoms with Crippen LogP contribution in [0.25, 0.3) is 22.8 Å². The molecule has 0 spiro atoms. The largest absolute Gasteiger partial charge is 0.453 e. The number of hydrogen-bond donors (Lipinski definition) is 0. The van der Waals surface area contributed by atoms with Crippen molar-refractivity contribution >= 4 is 5.78 Å². The van der Waals surface area contributed by atoms with Gasteiger partial charge in [-0.3, -0.25) is 23.7 Å². The van der Waals surface area contributed by atoms with Crippen molar-refractivity contribution in [3.8, 4) is 22.8 Å². The number of aromatic nitrogens is 5. The van der Waals surface area contributed by atoms with Gasteiger partial charge in [0.05, 0.1) is 17.3 Å². The molecule has 0 fully saturated rings. The summed E-state index contributed by atoms with van der Waals surface area (Å²) in [5.74, 6) is -7.19. The van der Waals surface area contributed by atoms with Gasteiger partial charge in [-0.2, -0.15) is 26.3 Å². The van der Waals surface area contributed by atoms with E-state index in [4.69, 9.17) is 0 Å². The summed E-state index contributed by atoms with van der Waals surface area (Å²) in [7, 11) is 0. The zero-order chi connectivity index (χ0) is 27.5. The molecule has 0 amide bonds. The summed E-state index contributed by atoms with van der Waals surface area (Å²) in [6.07, 6.45) is -7.16. The molecule has 3 heterocycles. The average Bonchev–Trinajstić information content (AvgIpc) is 3.30. The van der Waals surface area contributed by atoms with Crippen molar-refractivity contribution < 1.29 is 60.0 Å². The van der Waals surface area contributed by atoms with Crippen molar-refractivity contribution in [3.05, 3.63) is 82.9 Å². The number of carbonyl (C=O) groups is 1. The van der Waals surface area contributed by atoms with Crippen molar-refractivity contribution in [2.75, 3.05) is 0 Å². The summed E-state index contributed by atoms with van der Waals surface area (Å²) >= 11 is 0. The molecule has 0 saturated carbocycles. The number of aryl methyl sites for hydroxylation is 2. The standard InChI is InChI=1S/C14H7F5NO.C9H6F3N4.Ir/c1-7-4-5-20-10(6-7)8-2-3-9(15)11(12(8)16)13(21)14(17,18)19;1-5-2-3-13-6(4-5)7-14-8(16-15-7)9(10,11)12;/h3-6H,1H3;2-4H,1H3;/q2*-1;. The number of halogens is 8.